The molecular weight excluding hydrogens is 543 g/mol. The van der Waals surface area contributed by atoms with Gasteiger partial charge in [0.15, 0.2) is 0 Å². The average molecular weight is 579 g/mol. The van der Waals surface area contributed by atoms with Gasteiger partial charge in [0, 0.05) is 31.6 Å². The van der Waals surface area contributed by atoms with Gasteiger partial charge in [-0.3, -0.25) is 9.89 Å². The Morgan fingerprint density at radius 2 is 1.93 bits per heavy atom. The van der Waals surface area contributed by atoms with E-state index in [0.29, 0.717) is 41.3 Å². The Hall–Kier alpha value is -3.20. The van der Waals surface area contributed by atoms with Crippen molar-refractivity contribution in [3.63, 3.8) is 0 Å². The molecule has 2 aliphatic carbocycles. The minimum atomic E-state index is -0.386. The molecule has 4 aliphatic rings. The smallest absolute Gasteiger partial charge is 0.231 e. The number of halogens is 2. The highest BCUT2D eigenvalue weighted by molar-refractivity contribution is 6.30. The van der Waals surface area contributed by atoms with Crippen molar-refractivity contribution in [3.8, 4) is 5.75 Å². The first-order valence-electron chi connectivity index (χ1n) is 15.0. The number of carbonyl (C=O) groups is 1. The predicted molar refractivity (Wildman–Crippen MR) is 155 cm³/mol. The van der Waals surface area contributed by atoms with Crippen LogP contribution in [0.2, 0.25) is 5.02 Å². The van der Waals surface area contributed by atoms with E-state index in [-0.39, 0.29) is 18.1 Å². The quantitative estimate of drug-likeness (QED) is 0.350. The summed E-state index contributed by atoms with van der Waals surface area (Å²) in [6.07, 6.45) is 11.9. The number of benzene rings is 1. The number of amides is 1. The fourth-order valence-electron chi connectivity index (χ4n) is 6.80. The van der Waals surface area contributed by atoms with Gasteiger partial charge in [-0.2, -0.15) is 5.10 Å². The van der Waals surface area contributed by atoms with Gasteiger partial charge in [-0.25, -0.2) is 14.4 Å². The second-order valence-corrected chi connectivity index (χ2v) is 12.5. The van der Waals surface area contributed by atoms with Crippen LogP contribution in [0.3, 0.4) is 0 Å². The molecule has 0 spiro atoms. The number of hydrogen-bond donors (Lipinski definition) is 1. The number of aromatic nitrogens is 4. The zero-order chi connectivity index (χ0) is 27.9. The number of anilines is 2. The van der Waals surface area contributed by atoms with E-state index in [0.717, 1.165) is 92.9 Å². The van der Waals surface area contributed by atoms with Crippen molar-refractivity contribution in [2.75, 3.05) is 36.0 Å². The molecule has 1 saturated heterocycles. The number of fused-ring (bicyclic) bond motifs is 1. The number of H-pyrrole nitrogens is 1. The van der Waals surface area contributed by atoms with Gasteiger partial charge in [-0.1, -0.05) is 17.7 Å². The molecule has 3 fully saturated rings. The topological polar surface area (TPSA) is 87.2 Å². The first-order valence-corrected chi connectivity index (χ1v) is 15.4. The molecule has 2 aromatic heterocycles. The Morgan fingerprint density at radius 3 is 2.68 bits per heavy atom. The SMILES string of the molecule is O=C(Cc1ccc(OCCC2CC2C2CCN(c3ncc(Cl)cn3)CC2)cc1F)N1CCCc2[nH]nc(C3CC3)c21. The zero-order valence-electron chi connectivity index (χ0n) is 23.2. The summed E-state index contributed by atoms with van der Waals surface area (Å²) >= 11 is 5.92. The van der Waals surface area contributed by atoms with Gasteiger partial charge in [-0.15, -0.1) is 0 Å². The summed E-state index contributed by atoms with van der Waals surface area (Å²) in [6.45, 7) is 3.19. The van der Waals surface area contributed by atoms with E-state index in [1.165, 1.54) is 12.5 Å². The van der Waals surface area contributed by atoms with Crippen LogP contribution in [0, 0.1) is 23.6 Å². The van der Waals surface area contributed by atoms with Crippen LogP contribution in [-0.4, -0.2) is 52.3 Å². The number of hydrogen-bond acceptors (Lipinski definition) is 6. The van der Waals surface area contributed by atoms with E-state index in [1.807, 2.05) is 4.90 Å². The number of aromatic amines is 1. The highest BCUT2D eigenvalue weighted by atomic mass is 35.5. The lowest BCUT2D eigenvalue weighted by Gasteiger charge is -2.32. The van der Waals surface area contributed by atoms with Crippen LogP contribution in [0.25, 0.3) is 0 Å². The summed E-state index contributed by atoms with van der Waals surface area (Å²) in [7, 11) is 0. The number of carbonyl (C=O) groups excluding carboxylic acids is 1. The average Bonchev–Trinajstić information content (AvgIpc) is 3.93. The van der Waals surface area contributed by atoms with Gasteiger partial charge in [0.2, 0.25) is 11.9 Å². The largest absolute Gasteiger partial charge is 0.493 e. The van der Waals surface area contributed by atoms with Crippen molar-refractivity contribution in [3.05, 3.63) is 58.4 Å². The van der Waals surface area contributed by atoms with Crippen LogP contribution in [0.1, 0.15) is 67.8 Å². The van der Waals surface area contributed by atoms with Gasteiger partial charge < -0.3 is 14.5 Å². The molecule has 2 saturated carbocycles. The molecule has 3 aromatic rings. The van der Waals surface area contributed by atoms with Crippen LogP contribution in [0.5, 0.6) is 5.75 Å². The third-order valence-corrected chi connectivity index (χ3v) is 9.51. The fraction of sp³-hybridized carbons (Fsp3) is 0.548. The molecule has 2 aliphatic heterocycles. The highest BCUT2D eigenvalue weighted by Gasteiger charge is 2.43. The summed E-state index contributed by atoms with van der Waals surface area (Å²) in [5.41, 5.74) is 3.40. The van der Waals surface area contributed by atoms with Gasteiger partial charge in [0.05, 0.1) is 47.5 Å². The summed E-state index contributed by atoms with van der Waals surface area (Å²) in [5.74, 6) is 3.44. The van der Waals surface area contributed by atoms with Crippen molar-refractivity contribution >= 4 is 29.1 Å². The summed E-state index contributed by atoms with van der Waals surface area (Å²) < 4.78 is 21.0. The maximum Gasteiger partial charge on any atom is 0.231 e. The fourth-order valence-corrected chi connectivity index (χ4v) is 6.90. The van der Waals surface area contributed by atoms with Crippen molar-refractivity contribution < 1.29 is 13.9 Å². The molecule has 216 valence electrons. The van der Waals surface area contributed by atoms with E-state index < -0.39 is 0 Å². The lowest BCUT2D eigenvalue weighted by atomic mass is 9.90. The monoisotopic (exact) mass is 578 g/mol. The third kappa shape index (κ3) is 5.78. The van der Waals surface area contributed by atoms with E-state index in [4.69, 9.17) is 16.3 Å². The van der Waals surface area contributed by atoms with Crippen LogP contribution in [0.4, 0.5) is 16.0 Å². The Labute approximate surface area is 244 Å². The Balaban J connectivity index is 0.871. The molecule has 1 amide bonds. The Morgan fingerprint density at radius 1 is 1.12 bits per heavy atom. The second kappa shape index (κ2) is 11.2. The molecule has 10 heteroatoms. The van der Waals surface area contributed by atoms with Crippen LogP contribution >= 0.6 is 11.6 Å². The van der Waals surface area contributed by atoms with E-state index >= 15 is 4.39 Å². The minimum absolute atomic E-state index is 0.0353. The summed E-state index contributed by atoms with van der Waals surface area (Å²) in [6, 6.07) is 4.92. The van der Waals surface area contributed by atoms with E-state index in [2.05, 4.69) is 25.1 Å². The van der Waals surface area contributed by atoms with Gasteiger partial charge >= 0.3 is 0 Å². The van der Waals surface area contributed by atoms with Crippen LogP contribution in [0.15, 0.2) is 30.6 Å². The number of ether oxygens (including phenoxy) is 1. The standard InChI is InChI=1S/C31H36ClFN6O2/c32-23-17-34-31(35-18-23)38-11-7-19(8-12-38)25-14-21(25)9-13-41-24-6-5-22(26(33)16-24)15-28(40)39-10-1-2-27-30(39)29(37-36-27)20-3-4-20/h5-6,16-21,25H,1-4,7-15H2,(H,36,37). The maximum absolute atomic E-state index is 15.0. The molecule has 8 nitrogen and oxygen atoms in total. The summed E-state index contributed by atoms with van der Waals surface area (Å²) in [4.78, 5) is 26.0. The predicted octanol–water partition coefficient (Wildman–Crippen LogP) is 5.71. The molecule has 2 unspecified atom stereocenters. The molecule has 7 rings (SSSR count). The number of piperidine rings is 1. The van der Waals surface area contributed by atoms with Crippen molar-refractivity contribution in [1.29, 1.82) is 0 Å². The second-order valence-electron chi connectivity index (χ2n) is 12.1. The number of rotatable bonds is 9. The summed E-state index contributed by atoms with van der Waals surface area (Å²) in [5, 5.41) is 8.19. The molecule has 41 heavy (non-hydrogen) atoms. The van der Waals surface area contributed by atoms with Crippen molar-refractivity contribution in [2.45, 2.75) is 63.7 Å². The molecule has 0 bridgehead atoms. The van der Waals surface area contributed by atoms with Gasteiger partial charge in [0.25, 0.3) is 0 Å². The number of nitrogens with one attached hydrogen (secondary N) is 1. The Kier molecular flexibility index (Phi) is 7.31. The molecule has 1 aromatic carbocycles. The van der Waals surface area contributed by atoms with E-state index in [1.54, 1.807) is 24.5 Å². The van der Waals surface area contributed by atoms with Crippen LogP contribution in [-0.2, 0) is 17.6 Å². The minimum Gasteiger partial charge on any atom is -0.493 e. The third-order valence-electron chi connectivity index (χ3n) is 9.32. The molecule has 2 atom stereocenters. The van der Waals surface area contributed by atoms with Crippen molar-refractivity contribution in [1.82, 2.24) is 20.2 Å². The lowest BCUT2D eigenvalue weighted by molar-refractivity contribution is -0.118. The maximum atomic E-state index is 15.0. The van der Waals surface area contributed by atoms with Crippen molar-refractivity contribution in [2.24, 2.45) is 17.8 Å². The van der Waals surface area contributed by atoms with Gasteiger partial charge in [-0.05, 0) is 80.8 Å². The highest BCUT2D eigenvalue weighted by Crippen LogP contribution is 2.50. The van der Waals surface area contributed by atoms with E-state index in [9.17, 15) is 4.79 Å². The first kappa shape index (κ1) is 26.7. The van der Waals surface area contributed by atoms with Crippen LogP contribution < -0.4 is 14.5 Å². The zero-order valence-corrected chi connectivity index (χ0v) is 24.0. The molecular formula is C31H36ClFN6O2. The molecule has 4 heterocycles. The number of nitrogens with zero attached hydrogens (tertiary/aromatic N) is 5. The lowest BCUT2D eigenvalue weighted by Crippen LogP contribution is -2.37. The normalized spacial score (nSPS) is 22.5. The molecule has 0 radical (unpaired) electrons. The number of aryl methyl sites for hydroxylation is 1. The van der Waals surface area contributed by atoms with Gasteiger partial charge in [0.1, 0.15) is 11.6 Å². The Bertz CT molecular complexity index is 1400. The first-order chi connectivity index (χ1) is 20.0. The molecule has 1 N–H and O–H groups in total.